The van der Waals surface area contributed by atoms with Crippen LogP contribution in [0.3, 0.4) is 0 Å². The van der Waals surface area contributed by atoms with Gasteiger partial charge in [-0.3, -0.25) is 4.79 Å². The van der Waals surface area contributed by atoms with Crippen LogP contribution in [-0.2, 0) is 14.3 Å². The number of amides is 1. The normalized spacial score (nSPS) is 17.9. The molecule has 0 saturated heterocycles. The van der Waals surface area contributed by atoms with Gasteiger partial charge in [-0.25, -0.2) is 4.79 Å². The molecular weight excluding hydrogens is 258 g/mol. The number of anilines is 1. The second-order valence-corrected chi connectivity index (χ2v) is 5.92. The van der Waals surface area contributed by atoms with Crippen LogP contribution in [-0.4, -0.2) is 24.7 Å². The lowest BCUT2D eigenvalue weighted by atomic mass is 10.1. The van der Waals surface area contributed by atoms with Gasteiger partial charge in [-0.05, 0) is 39.8 Å². The van der Waals surface area contributed by atoms with Crippen LogP contribution in [0.25, 0.3) is 0 Å². The quantitative estimate of drug-likeness (QED) is 0.740. The Hall–Kier alpha value is -2.04. The molecular formula is C15H19NO4. The van der Waals surface area contributed by atoms with Gasteiger partial charge in [0.05, 0.1) is 5.69 Å². The number of hydrogen-bond donors (Lipinski definition) is 0. The zero-order valence-corrected chi connectivity index (χ0v) is 12.4. The Balaban J connectivity index is 2.23. The van der Waals surface area contributed by atoms with Crippen LogP contribution in [0.5, 0.6) is 0 Å². The summed E-state index contributed by atoms with van der Waals surface area (Å²) in [4.78, 5) is 25.4. The highest BCUT2D eigenvalue weighted by molar-refractivity contribution is 6.04. The second kappa shape index (κ2) is 4.81. The molecule has 0 aliphatic carbocycles. The zero-order valence-electron chi connectivity index (χ0n) is 12.4. The highest BCUT2D eigenvalue weighted by Crippen LogP contribution is 2.37. The SMILES string of the molecule is Cc1ccc2c(c1)C(OC(=O)OC(C)(C)C)C(=O)N2C. The van der Waals surface area contributed by atoms with Gasteiger partial charge in [-0.2, -0.15) is 0 Å². The summed E-state index contributed by atoms with van der Waals surface area (Å²) in [5.74, 6) is -0.267. The number of fused-ring (bicyclic) bond motifs is 1. The molecule has 5 nitrogen and oxygen atoms in total. The lowest BCUT2D eigenvalue weighted by Crippen LogP contribution is -2.29. The largest absolute Gasteiger partial charge is 0.509 e. The van der Waals surface area contributed by atoms with Gasteiger partial charge in [0.2, 0.25) is 6.10 Å². The Morgan fingerprint density at radius 2 is 1.95 bits per heavy atom. The first-order valence-corrected chi connectivity index (χ1v) is 6.47. The van der Waals surface area contributed by atoms with Crippen molar-refractivity contribution in [3.63, 3.8) is 0 Å². The number of hydrogen-bond acceptors (Lipinski definition) is 4. The summed E-state index contributed by atoms with van der Waals surface area (Å²) in [6.07, 6.45) is -1.76. The first-order valence-electron chi connectivity index (χ1n) is 6.47. The zero-order chi connectivity index (χ0) is 15.1. The molecule has 0 bridgehead atoms. The maximum absolute atomic E-state index is 12.2. The number of benzene rings is 1. The number of likely N-dealkylation sites (N-methyl/N-ethyl adjacent to an activating group) is 1. The molecule has 1 heterocycles. The summed E-state index contributed by atoms with van der Waals surface area (Å²) < 4.78 is 10.3. The van der Waals surface area contributed by atoms with Gasteiger partial charge in [-0.15, -0.1) is 0 Å². The average Bonchev–Trinajstić information content (AvgIpc) is 2.52. The average molecular weight is 277 g/mol. The van der Waals surface area contributed by atoms with E-state index in [4.69, 9.17) is 9.47 Å². The van der Waals surface area contributed by atoms with Crippen LogP contribution in [0, 0.1) is 6.92 Å². The predicted octanol–water partition coefficient (Wildman–Crippen LogP) is 2.96. The van der Waals surface area contributed by atoms with Crippen LogP contribution in [0.15, 0.2) is 18.2 Å². The van der Waals surface area contributed by atoms with E-state index < -0.39 is 17.9 Å². The molecule has 0 radical (unpaired) electrons. The highest BCUT2D eigenvalue weighted by Gasteiger charge is 2.39. The van der Waals surface area contributed by atoms with E-state index in [9.17, 15) is 9.59 Å². The van der Waals surface area contributed by atoms with Gasteiger partial charge in [0, 0.05) is 12.6 Å². The van der Waals surface area contributed by atoms with Crippen LogP contribution < -0.4 is 4.90 Å². The van der Waals surface area contributed by atoms with Crippen molar-refractivity contribution in [3.8, 4) is 0 Å². The van der Waals surface area contributed by atoms with E-state index >= 15 is 0 Å². The summed E-state index contributed by atoms with van der Waals surface area (Å²) in [6, 6.07) is 5.62. The smallest absolute Gasteiger partial charge is 0.429 e. The van der Waals surface area contributed by atoms with Gasteiger partial charge < -0.3 is 14.4 Å². The van der Waals surface area contributed by atoms with E-state index in [1.165, 1.54) is 4.90 Å². The lowest BCUT2D eigenvalue weighted by Gasteiger charge is -2.20. The maximum Gasteiger partial charge on any atom is 0.509 e. The standard InChI is InChI=1S/C15H19NO4/c1-9-6-7-11-10(8-9)12(13(17)16(11)5)19-14(18)20-15(2,3)4/h6-8,12H,1-5H3. The number of aryl methyl sites for hydroxylation is 1. The molecule has 1 atom stereocenters. The molecule has 0 fully saturated rings. The molecule has 1 aliphatic heterocycles. The van der Waals surface area contributed by atoms with E-state index in [-0.39, 0.29) is 5.91 Å². The van der Waals surface area contributed by atoms with E-state index in [2.05, 4.69) is 0 Å². The van der Waals surface area contributed by atoms with Gasteiger partial charge >= 0.3 is 6.16 Å². The number of carbonyl (C=O) groups excluding carboxylic acids is 2. The third-order valence-corrected chi connectivity index (χ3v) is 2.99. The molecule has 108 valence electrons. The van der Waals surface area contributed by atoms with E-state index in [1.54, 1.807) is 27.8 Å². The third kappa shape index (κ3) is 2.76. The van der Waals surface area contributed by atoms with Crippen LogP contribution >= 0.6 is 0 Å². The Morgan fingerprint density at radius 1 is 1.30 bits per heavy atom. The lowest BCUT2D eigenvalue weighted by molar-refractivity contribution is -0.128. The minimum Gasteiger partial charge on any atom is -0.429 e. The fourth-order valence-corrected chi connectivity index (χ4v) is 2.10. The molecule has 0 N–H and O–H groups in total. The second-order valence-electron chi connectivity index (χ2n) is 5.92. The molecule has 2 rings (SSSR count). The Kier molecular flexibility index (Phi) is 3.46. The Labute approximate surface area is 118 Å². The third-order valence-electron chi connectivity index (χ3n) is 2.99. The molecule has 0 spiro atoms. The number of ether oxygens (including phenoxy) is 2. The number of nitrogens with zero attached hydrogens (tertiary/aromatic N) is 1. The molecule has 5 heteroatoms. The highest BCUT2D eigenvalue weighted by atomic mass is 16.7. The Morgan fingerprint density at radius 3 is 2.55 bits per heavy atom. The number of carbonyl (C=O) groups is 2. The van der Waals surface area contributed by atoms with Gasteiger partial charge in [0.25, 0.3) is 5.91 Å². The van der Waals surface area contributed by atoms with Crippen molar-refractivity contribution in [3.05, 3.63) is 29.3 Å². The van der Waals surface area contributed by atoms with E-state index in [1.807, 2.05) is 25.1 Å². The predicted molar refractivity (Wildman–Crippen MR) is 74.6 cm³/mol. The van der Waals surface area contributed by atoms with Crippen molar-refractivity contribution in [2.45, 2.75) is 39.4 Å². The van der Waals surface area contributed by atoms with Crippen LogP contribution in [0.1, 0.15) is 38.0 Å². The topological polar surface area (TPSA) is 55.8 Å². The molecule has 1 unspecified atom stereocenters. The first-order chi connectivity index (χ1) is 9.19. The summed E-state index contributed by atoms with van der Waals surface area (Å²) in [6.45, 7) is 7.16. The summed E-state index contributed by atoms with van der Waals surface area (Å²) in [5.41, 5.74) is 1.81. The minimum atomic E-state index is -0.926. The van der Waals surface area contributed by atoms with Crippen molar-refractivity contribution < 1.29 is 19.1 Å². The summed E-state index contributed by atoms with van der Waals surface area (Å²) >= 11 is 0. The van der Waals surface area contributed by atoms with E-state index in [0.29, 0.717) is 5.56 Å². The van der Waals surface area contributed by atoms with Crippen molar-refractivity contribution >= 4 is 17.7 Å². The summed E-state index contributed by atoms with van der Waals surface area (Å²) in [5, 5.41) is 0. The van der Waals surface area contributed by atoms with Crippen molar-refractivity contribution in [1.29, 1.82) is 0 Å². The molecule has 0 aromatic heterocycles. The summed E-state index contributed by atoms with van der Waals surface area (Å²) in [7, 11) is 1.66. The van der Waals surface area contributed by atoms with Crippen molar-refractivity contribution in [1.82, 2.24) is 0 Å². The number of rotatable bonds is 1. The fourth-order valence-electron chi connectivity index (χ4n) is 2.10. The van der Waals surface area contributed by atoms with E-state index in [0.717, 1.165) is 11.3 Å². The van der Waals surface area contributed by atoms with Crippen LogP contribution in [0.4, 0.5) is 10.5 Å². The minimum absolute atomic E-state index is 0.267. The van der Waals surface area contributed by atoms with Crippen molar-refractivity contribution in [2.75, 3.05) is 11.9 Å². The van der Waals surface area contributed by atoms with Crippen molar-refractivity contribution in [2.24, 2.45) is 0 Å². The van der Waals surface area contributed by atoms with Gasteiger partial charge in [0.15, 0.2) is 0 Å². The Bertz CT molecular complexity index is 559. The molecule has 0 saturated carbocycles. The molecule has 1 amide bonds. The van der Waals surface area contributed by atoms with Crippen LogP contribution in [0.2, 0.25) is 0 Å². The van der Waals surface area contributed by atoms with Gasteiger partial charge in [0.1, 0.15) is 5.60 Å². The molecule has 1 aliphatic rings. The van der Waals surface area contributed by atoms with Gasteiger partial charge in [-0.1, -0.05) is 11.6 Å². The fraction of sp³-hybridized carbons (Fsp3) is 0.467. The monoisotopic (exact) mass is 277 g/mol. The maximum atomic E-state index is 12.2. The molecule has 20 heavy (non-hydrogen) atoms. The molecule has 1 aromatic carbocycles. The molecule has 1 aromatic rings. The first kappa shape index (κ1) is 14.4.